The zero-order valence-electron chi connectivity index (χ0n) is 14.2. The lowest BCUT2D eigenvalue weighted by atomic mass is 9.52. The van der Waals surface area contributed by atoms with E-state index in [-0.39, 0.29) is 23.7 Å². The molecule has 6 atom stereocenters. The second-order valence-electron chi connectivity index (χ2n) is 7.10. The van der Waals surface area contributed by atoms with Crippen LogP contribution in [0, 0.1) is 35.5 Å². The molecule has 3 rings (SSSR count). The van der Waals surface area contributed by atoms with Crippen LogP contribution in [0.4, 0.5) is 0 Å². The molecule has 3 heteroatoms. The molecule has 2 N–H and O–H groups in total. The maximum absolute atomic E-state index is 12.1. The van der Waals surface area contributed by atoms with Crippen molar-refractivity contribution in [3.63, 3.8) is 0 Å². The van der Waals surface area contributed by atoms with Crippen molar-refractivity contribution in [1.82, 2.24) is 0 Å². The average Bonchev–Trinajstić information content (AvgIpc) is 2.60. The number of hydrogen-bond acceptors (Lipinski definition) is 3. The molecule has 24 heavy (non-hydrogen) atoms. The van der Waals surface area contributed by atoms with Crippen LogP contribution < -0.4 is 0 Å². The molecule has 2 aliphatic carbocycles. The van der Waals surface area contributed by atoms with Crippen molar-refractivity contribution in [1.29, 1.82) is 0 Å². The Morgan fingerprint density at radius 3 is 2.71 bits per heavy atom. The molecular weight excluding hydrogens is 300 g/mol. The van der Waals surface area contributed by atoms with Gasteiger partial charge in [0.05, 0.1) is 12.0 Å². The fraction of sp³-hybridized carbons (Fsp3) is 0.571. The Bertz CT molecular complexity index is 619. The van der Waals surface area contributed by atoms with E-state index in [1.807, 2.05) is 37.3 Å². The zero-order valence-corrected chi connectivity index (χ0v) is 14.2. The quantitative estimate of drug-likeness (QED) is 0.836. The lowest BCUT2D eigenvalue weighted by molar-refractivity contribution is -0.153. The summed E-state index contributed by atoms with van der Waals surface area (Å²) in [7, 11) is 0. The molecule has 1 aromatic rings. The second-order valence-corrected chi connectivity index (χ2v) is 7.10. The highest BCUT2D eigenvalue weighted by Gasteiger charge is 2.55. The monoisotopic (exact) mass is 326 g/mol. The topological polar surface area (TPSA) is 57.5 Å². The number of fused-ring (bicyclic) bond motifs is 1. The third kappa shape index (κ3) is 3.41. The van der Waals surface area contributed by atoms with E-state index in [4.69, 9.17) is 0 Å². The molecule has 0 saturated heterocycles. The minimum atomic E-state index is -0.686. The summed E-state index contributed by atoms with van der Waals surface area (Å²) < 4.78 is 0. The van der Waals surface area contributed by atoms with Crippen LogP contribution in [0.1, 0.15) is 38.2 Å². The van der Waals surface area contributed by atoms with Gasteiger partial charge in [-0.05, 0) is 43.6 Å². The summed E-state index contributed by atoms with van der Waals surface area (Å²) >= 11 is 0. The number of carbonyl (C=O) groups is 1. The van der Waals surface area contributed by atoms with Crippen LogP contribution in [-0.4, -0.2) is 28.2 Å². The van der Waals surface area contributed by atoms with E-state index >= 15 is 0 Å². The molecular formula is C21H26O3. The van der Waals surface area contributed by atoms with Crippen molar-refractivity contribution in [2.24, 2.45) is 23.7 Å². The van der Waals surface area contributed by atoms with Crippen molar-refractivity contribution in [3.05, 3.63) is 35.9 Å². The molecule has 2 fully saturated rings. The lowest BCUT2D eigenvalue weighted by Gasteiger charge is -2.50. The van der Waals surface area contributed by atoms with Crippen LogP contribution in [0.5, 0.6) is 0 Å². The summed E-state index contributed by atoms with van der Waals surface area (Å²) in [6.45, 7) is 2.03. The number of Topliss-reactive ketones (excluding diaryl/α,β-unsaturated/α-hetero) is 1. The maximum Gasteiger partial charge on any atom is 0.139 e. The van der Waals surface area contributed by atoms with Gasteiger partial charge in [-0.25, -0.2) is 0 Å². The molecule has 0 radical (unpaired) electrons. The van der Waals surface area contributed by atoms with Crippen LogP contribution >= 0.6 is 0 Å². The Hall–Kier alpha value is -1.63. The normalized spacial score (nSPS) is 33.0. The number of aryl methyl sites for hydroxylation is 1. The van der Waals surface area contributed by atoms with Gasteiger partial charge in [0.1, 0.15) is 11.9 Å². The van der Waals surface area contributed by atoms with Gasteiger partial charge >= 0.3 is 0 Å². The summed E-state index contributed by atoms with van der Waals surface area (Å²) in [6.07, 6.45) is 2.46. The Kier molecular flexibility index (Phi) is 5.38. The molecule has 0 bridgehead atoms. The lowest BCUT2D eigenvalue weighted by Crippen LogP contribution is -2.56. The third-order valence-electron chi connectivity index (χ3n) is 5.67. The number of ketones is 1. The minimum Gasteiger partial charge on any atom is -0.392 e. The molecule has 2 saturated carbocycles. The fourth-order valence-corrected chi connectivity index (χ4v) is 4.32. The van der Waals surface area contributed by atoms with Crippen molar-refractivity contribution < 1.29 is 15.0 Å². The Labute approximate surface area is 144 Å². The van der Waals surface area contributed by atoms with Gasteiger partial charge in [0.25, 0.3) is 0 Å². The summed E-state index contributed by atoms with van der Waals surface area (Å²) in [5, 5.41) is 20.5. The van der Waals surface area contributed by atoms with Gasteiger partial charge in [0, 0.05) is 11.8 Å². The standard InChI is InChI=1S/C21H26O3/c1-2-16-20-17(19(23)13-12-18(20)21(16)24)11-10-15(22)9-8-14-6-4-3-5-7-14/h3-7,15-20,22-23H,2,8-9,12-13H2,1H3/t15-,16?,17+,18+,19-,20-/m0/s1. The van der Waals surface area contributed by atoms with Gasteiger partial charge in [-0.1, -0.05) is 49.1 Å². The molecule has 1 aromatic carbocycles. The Morgan fingerprint density at radius 2 is 2.00 bits per heavy atom. The first-order valence-corrected chi connectivity index (χ1v) is 9.06. The molecule has 2 aliphatic rings. The van der Waals surface area contributed by atoms with Crippen LogP contribution in [0.25, 0.3) is 0 Å². The number of benzene rings is 1. The predicted octanol–water partition coefficient (Wildman–Crippen LogP) is 2.60. The summed E-state index contributed by atoms with van der Waals surface area (Å²) in [5.41, 5.74) is 1.19. The van der Waals surface area contributed by atoms with Crippen LogP contribution in [0.3, 0.4) is 0 Å². The van der Waals surface area contributed by atoms with E-state index in [0.29, 0.717) is 18.6 Å². The molecule has 0 amide bonds. The van der Waals surface area contributed by atoms with Gasteiger partial charge in [0.2, 0.25) is 0 Å². The number of carbonyl (C=O) groups excluding carboxylic acids is 1. The van der Waals surface area contributed by atoms with E-state index in [9.17, 15) is 15.0 Å². The zero-order chi connectivity index (χ0) is 17.1. The van der Waals surface area contributed by atoms with Crippen LogP contribution in [0.15, 0.2) is 30.3 Å². The largest absolute Gasteiger partial charge is 0.392 e. The smallest absolute Gasteiger partial charge is 0.139 e. The van der Waals surface area contributed by atoms with Gasteiger partial charge in [-0.3, -0.25) is 4.79 Å². The fourth-order valence-electron chi connectivity index (χ4n) is 4.32. The Morgan fingerprint density at radius 1 is 1.25 bits per heavy atom. The van der Waals surface area contributed by atoms with E-state index in [1.165, 1.54) is 5.56 Å². The molecule has 0 heterocycles. The number of rotatable bonds is 4. The first-order valence-electron chi connectivity index (χ1n) is 9.06. The average molecular weight is 326 g/mol. The molecule has 0 spiro atoms. The van der Waals surface area contributed by atoms with Crippen molar-refractivity contribution in [2.45, 2.75) is 51.2 Å². The first kappa shape index (κ1) is 17.2. The second kappa shape index (κ2) is 7.51. The summed E-state index contributed by atoms with van der Waals surface area (Å²) in [5.74, 6) is 6.55. The van der Waals surface area contributed by atoms with E-state index in [1.54, 1.807) is 0 Å². The van der Waals surface area contributed by atoms with Gasteiger partial charge < -0.3 is 10.2 Å². The number of hydrogen-bond donors (Lipinski definition) is 2. The van der Waals surface area contributed by atoms with Crippen molar-refractivity contribution in [2.75, 3.05) is 0 Å². The van der Waals surface area contributed by atoms with Crippen molar-refractivity contribution in [3.8, 4) is 11.8 Å². The molecule has 1 unspecified atom stereocenters. The van der Waals surface area contributed by atoms with E-state index < -0.39 is 12.2 Å². The number of aliphatic hydroxyl groups excluding tert-OH is 2. The molecule has 0 aliphatic heterocycles. The van der Waals surface area contributed by atoms with Gasteiger partial charge in [0.15, 0.2) is 0 Å². The van der Waals surface area contributed by atoms with E-state index in [2.05, 4.69) is 11.8 Å². The maximum atomic E-state index is 12.1. The van der Waals surface area contributed by atoms with Crippen molar-refractivity contribution >= 4 is 5.78 Å². The minimum absolute atomic E-state index is 0.0470. The van der Waals surface area contributed by atoms with Crippen LogP contribution in [0.2, 0.25) is 0 Å². The molecule has 128 valence electrons. The van der Waals surface area contributed by atoms with Gasteiger partial charge in [-0.2, -0.15) is 0 Å². The van der Waals surface area contributed by atoms with E-state index in [0.717, 1.165) is 19.3 Å². The molecule has 0 aromatic heterocycles. The van der Waals surface area contributed by atoms with Crippen LogP contribution in [-0.2, 0) is 11.2 Å². The highest BCUT2D eigenvalue weighted by Crippen LogP contribution is 2.50. The first-order chi connectivity index (χ1) is 11.6. The van der Waals surface area contributed by atoms with Gasteiger partial charge in [-0.15, -0.1) is 0 Å². The summed E-state index contributed by atoms with van der Waals surface area (Å²) in [6, 6.07) is 10.0. The summed E-state index contributed by atoms with van der Waals surface area (Å²) in [4.78, 5) is 12.1. The highest BCUT2D eigenvalue weighted by atomic mass is 16.3. The molecule has 3 nitrogen and oxygen atoms in total. The Balaban J connectivity index is 1.61. The third-order valence-corrected chi connectivity index (χ3v) is 5.67. The highest BCUT2D eigenvalue weighted by molar-refractivity contribution is 5.90. The number of aliphatic hydroxyl groups is 2. The predicted molar refractivity (Wildman–Crippen MR) is 93.0 cm³/mol. The SMILES string of the molecule is CCC1C(=O)[C@@H]2CC[C@H](O)[C@@H](C#C[C@@H](O)CCc3ccccc3)[C@H]12.